The van der Waals surface area contributed by atoms with E-state index in [1.165, 1.54) is 38.8 Å². The van der Waals surface area contributed by atoms with Crippen LogP contribution in [0.15, 0.2) is 18.2 Å². The fourth-order valence-electron chi connectivity index (χ4n) is 3.72. The van der Waals surface area contributed by atoms with Crippen LogP contribution in [-0.4, -0.2) is 37.1 Å². The van der Waals surface area contributed by atoms with Crippen molar-refractivity contribution in [2.75, 3.05) is 31.1 Å². The summed E-state index contributed by atoms with van der Waals surface area (Å²) in [5.74, 6) is -0.196. The normalized spacial score (nSPS) is 25.3. The molecule has 2 aliphatic heterocycles. The Bertz CT molecular complexity index is 483. The zero-order valence-electron chi connectivity index (χ0n) is 12.9. The number of benzene rings is 1. The number of nitrogens with two attached hydrogens (primary N) is 1. The van der Waals surface area contributed by atoms with Crippen LogP contribution >= 0.6 is 0 Å². The number of hydrogen-bond acceptors (Lipinski definition) is 3. The van der Waals surface area contributed by atoms with Crippen LogP contribution in [0.5, 0.6) is 0 Å². The molecular weight excluding hydrogens is 265 g/mol. The Kier molecular flexibility index (Phi) is 4.45. The quantitative estimate of drug-likeness (QED) is 0.929. The number of hydrogen-bond donors (Lipinski definition) is 1. The lowest BCUT2D eigenvalue weighted by Gasteiger charge is -2.32. The molecule has 2 heterocycles. The van der Waals surface area contributed by atoms with Gasteiger partial charge >= 0.3 is 0 Å². The first-order valence-electron chi connectivity index (χ1n) is 8.19. The van der Waals surface area contributed by atoms with E-state index in [0.29, 0.717) is 6.04 Å². The summed E-state index contributed by atoms with van der Waals surface area (Å²) in [6.45, 7) is 6.50. The highest BCUT2D eigenvalue weighted by molar-refractivity contribution is 5.56. The third kappa shape index (κ3) is 3.22. The molecule has 0 aliphatic carbocycles. The second-order valence-corrected chi connectivity index (χ2v) is 6.48. The van der Waals surface area contributed by atoms with Crippen molar-refractivity contribution in [2.24, 2.45) is 5.73 Å². The maximum Gasteiger partial charge on any atom is 0.123 e. The zero-order valence-corrected chi connectivity index (χ0v) is 12.9. The second kappa shape index (κ2) is 6.32. The van der Waals surface area contributed by atoms with E-state index in [0.717, 1.165) is 24.3 Å². The molecule has 1 aromatic rings. The van der Waals surface area contributed by atoms with E-state index in [4.69, 9.17) is 5.73 Å². The first kappa shape index (κ1) is 14.8. The Hall–Kier alpha value is -1.13. The summed E-state index contributed by atoms with van der Waals surface area (Å²) < 4.78 is 13.5. The van der Waals surface area contributed by atoms with E-state index in [1.807, 2.05) is 13.0 Å². The predicted molar refractivity (Wildman–Crippen MR) is 85.0 cm³/mol. The monoisotopic (exact) mass is 291 g/mol. The van der Waals surface area contributed by atoms with Crippen LogP contribution in [-0.2, 0) is 0 Å². The third-order valence-electron chi connectivity index (χ3n) is 4.89. The van der Waals surface area contributed by atoms with Gasteiger partial charge in [-0.2, -0.15) is 0 Å². The van der Waals surface area contributed by atoms with Gasteiger partial charge in [0.15, 0.2) is 0 Å². The van der Waals surface area contributed by atoms with Crippen LogP contribution in [0, 0.1) is 5.82 Å². The van der Waals surface area contributed by atoms with Crippen LogP contribution in [0.25, 0.3) is 0 Å². The highest BCUT2D eigenvalue weighted by Gasteiger charge is 2.29. The molecule has 0 radical (unpaired) electrons. The van der Waals surface area contributed by atoms with Gasteiger partial charge in [0.05, 0.1) is 0 Å². The van der Waals surface area contributed by atoms with Crippen molar-refractivity contribution >= 4 is 5.69 Å². The summed E-state index contributed by atoms with van der Waals surface area (Å²) in [6, 6.07) is 5.55. The summed E-state index contributed by atoms with van der Waals surface area (Å²) in [6.07, 6.45) is 5.24. The average molecular weight is 291 g/mol. The van der Waals surface area contributed by atoms with E-state index in [1.54, 1.807) is 12.1 Å². The first-order valence-corrected chi connectivity index (χ1v) is 8.19. The third-order valence-corrected chi connectivity index (χ3v) is 4.89. The van der Waals surface area contributed by atoms with Crippen LogP contribution in [0.4, 0.5) is 10.1 Å². The molecule has 0 spiro atoms. The van der Waals surface area contributed by atoms with Crippen LogP contribution < -0.4 is 10.6 Å². The second-order valence-electron chi connectivity index (χ2n) is 6.48. The molecular formula is C17H26FN3. The minimum atomic E-state index is -0.196. The molecule has 116 valence electrons. The minimum Gasteiger partial charge on any atom is -0.370 e. The Balaban J connectivity index is 1.73. The summed E-state index contributed by atoms with van der Waals surface area (Å²) in [4.78, 5) is 5.02. The van der Waals surface area contributed by atoms with Gasteiger partial charge in [0, 0.05) is 30.9 Å². The summed E-state index contributed by atoms with van der Waals surface area (Å²) >= 11 is 0. The largest absolute Gasteiger partial charge is 0.370 e. The number of likely N-dealkylation sites (tertiary alicyclic amines) is 1. The van der Waals surface area contributed by atoms with E-state index < -0.39 is 0 Å². The summed E-state index contributed by atoms with van der Waals surface area (Å²) in [5, 5.41) is 0. The van der Waals surface area contributed by atoms with Crippen LogP contribution in [0.2, 0.25) is 0 Å². The van der Waals surface area contributed by atoms with Gasteiger partial charge in [0.1, 0.15) is 5.82 Å². The molecule has 4 heteroatoms. The van der Waals surface area contributed by atoms with Crippen LogP contribution in [0.1, 0.15) is 44.2 Å². The Labute approximate surface area is 126 Å². The lowest BCUT2D eigenvalue weighted by molar-refractivity contribution is 0.175. The number of nitrogens with zero attached hydrogens (tertiary/aromatic N) is 2. The number of halogens is 1. The molecule has 3 rings (SSSR count). The minimum absolute atomic E-state index is 0.135. The molecule has 0 aromatic heterocycles. The smallest absolute Gasteiger partial charge is 0.123 e. The molecule has 3 nitrogen and oxygen atoms in total. The van der Waals surface area contributed by atoms with Crippen molar-refractivity contribution in [1.82, 2.24) is 4.90 Å². The highest BCUT2D eigenvalue weighted by atomic mass is 19.1. The average Bonchev–Trinajstić information content (AvgIpc) is 2.97. The van der Waals surface area contributed by atoms with Gasteiger partial charge in [-0.3, -0.25) is 4.90 Å². The molecule has 0 bridgehead atoms. The molecule has 2 fully saturated rings. The first-order chi connectivity index (χ1) is 10.1. The van der Waals surface area contributed by atoms with Crippen LogP contribution in [0.3, 0.4) is 0 Å². The summed E-state index contributed by atoms with van der Waals surface area (Å²) in [7, 11) is 0. The Morgan fingerprint density at radius 1 is 1.19 bits per heavy atom. The maximum absolute atomic E-state index is 13.5. The predicted octanol–water partition coefficient (Wildman–Crippen LogP) is 2.91. The number of piperidine rings is 1. The van der Waals surface area contributed by atoms with E-state index in [2.05, 4.69) is 9.80 Å². The topological polar surface area (TPSA) is 32.5 Å². The van der Waals surface area contributed by atoms with Gasteiger partial charge in [-0.1, -0.05) is 6.42 Å². The van der Waals surface area contributed by atoms with E-state index in [9.17, 15) is 4.39 Å². The molecule has 0 amide bonds. The molecule has 2 aliphatic rings. The van der Waals surface area contributed by atoms with Crippen molar-refractivity contribution in [3.63, 3.8) is 0 Å². The number of anilines is 1. The fourth-order valence-corrected chi connectivity index (χ4v) is 3.72. The lowest BCUT2D eigenvalue weighted by atomic mass is 10.1. The van der Waals surface area contributed by atoms with E-state index in [-0.39, 0.29) is 11.9 Å². The maximum atomic E-state index is 13.5. The fraction of sp³-hybridized carbons (Fsp3) is 0.647. The SMILES string of the molecule is C[C@@H](N)c1cc(F)ccc1N1CCC(N2CCCCC2)C1. The molecule has 2 atom stereocenters. The Morgan fingerprint density at radius 3 is 2.67 bits per heavy atom. The molecule has 1 unspecified atom stereocenters. The highest BCUT2D eigenvalue weighted by Crippen LogP contribution is 2.30. The van der Waals surface area contributed by atoms with Crippen molar-refractivity contribution in [1.29, 1.82) is 0 Å². The zero-order chi connectivity index (χ0) is 14.8. The molecule has 0 saturated carbocycles. The van der Waals surface area contributed by atoms with Gasteiger partial charge in [0.25, 0.3) is 0 Å². The van der Waals surface area contributed by atoms with Crippen molar-refractivity contribution in [3.8, 4) is 0 Å². The lowest BCUT2D eigenvalue weighted by Crippen LogP contribution is -2.41. The van der Waals surface area contributed by atoms with Crippen molar-refractivity contribution < 1.29 is 4.39 Å². The standard InChI is InChI=1S/C17H26FN3/c1-13(19)16-11-14(18)5-6-17(16)21-10-7-15(12-21)20-8-3-2-4-9-20/h5-6,11,13,15H,2-4,7-10,12,19H2,1H3/t13-,15?/m1/s1. The van der Waals surface area contributed by atoms with Gasteiger partial charge in [-0.05, 0) is 63.0 Å². The van der Waals surface area contributed by atoms with Gasteiger partial charge in [-0.15, -0.1) is 0 Å². The van der Waals surface area contributed by atoms with Gasteiger partial charge < -0.3 is 10.6 Å². The van der Waals surface area contributed by atoms with Crippen molar-refractivity contribution in [2.45, 2.75) is 44.7 Å². The summed E-state index contributed by atoms with van der Waals surface area (Å²) in [5.41, 5.74) is 8.07. The van der Waals surface area contributed by atoms with Gasteiger partial charge in [0.2, 0.25) is 0 Å². The molecule has 2 N–H and O–H groups in total. The van der Waals surface area contributed by atoms with Gasteiger partial charge in [-0.25, -0.2) is 4.39 Å². The molecule has 2 saturated heterocycles. The van der Waals surface area contributed by atoms with Crippen molar-refractivity contribution in [3.05, 3.63) is 29.6 Å². The molecule has 21 heavy (non-hydrogen) atoms. The number of rotatable bonds is 3. The molecule has 1 aromatic carbocycles. The Morgan fingerprint density at radius 2 is 1.95 bits per heavy atom. The van der Waals surface area contributed by atoms with E-state index >= 15 is 0 Å².